The van der Waals surface area contributed by atoms with E-state index in [0.717, 1.165) is 12.5 Å². The molecule has 0 saturated heterocycles. The monoisotopic (exact) mass is 226 g/mol. The zero-order valence-electron chi connectivity index (χ0n) is 11.8. The minimum atomic E-state index is 0.255. The summed E-state index contributed by atoms with van der Waals surface area (Å²) >= 11 is 0. The second kappa shape index (κ2) is 6.02. The van der Waals surface area contributed by atoms with Crippen LogP contribution in [0.2, 0.25) is 0 Å². The lowest BCUT2D eigenvalue weighted by Crippen LogP contribution is -2.56. The predicted octanol–water partition coefficient (Wildman–Crippen LogP) is 2.89. The van der Waals surface area contributed by atoms with Crippen molar-refractivity contribution < 1.29 is 0 Å². The van der Waals surface area contributed by atoms with E-state index in [1.54, 1.807) is 0 Å². The van der Waals surface area contributed by atoms with Gasteiger partial charge in [-0.1, -0.05) is 26.2 Å². The van der Waals surface area contributed by atoms with E-state index in [1.165, 1.54) is 32.1 Å². The first-order valence-corrected chi connectivity index (χ1v) is 6.89. The molecule has 0 aliphatic heterocycles. The number of rotatable bonds is 7. The molecule has 1 aliphatic rings. The van der Waals surface area contributed by atoms with E-state index in [4.69, 9.17) is 0 Å². The van der Waals surface area contributed by atoms with Crippen LogP contribution in [0.15, 0.2) is 0 Å². The van der Waals surface area contributed by atoms with Gasteiger partial charge in [-0.3, -0.25) is 0 Å². The van der Waals surface area contributed by atoms with Crippen LogP contribution < -0.4 is 5.32 Å². The molecule has 0 aromatic rings. The molecule has 1 rings (SSSR count). The number of nitrogens with zero attached hydrogens (tertiary/aromatic N) is 1. The van der Waals surface area contributed by atoms with Crippen molar-refractivity contribution in [3.05, 3.63) is 0 Å². The average molecular weight is 226 g/mol. The molecule has 1 atom stereocenters. The van der Waals surface area contributed by atoms with Crippen LogP contribution in [0.4, 0.5) is 0 Å². The molecule has 0 radical (unpaired) electrons. The molecule has 0 aromatic heterocycles. The Balaban J connectivity index is 2.53. The van der Waals surface area contributed by atoms with E-state index in [-0.39, 0.29) is 5.54 Å². The quantitative estimate of drug-likeness (QED) is 0.718. The fourth-order valence-electron chi connectivity index (χ4n) is 2.31. The van der Waals surface area contributed by atoms with Crippen molar-refractivity contribution in [3.8, 4) is 0 Å². The summed E-state index contributed by atoms with van der Waals surface area (Å²) in [5.41, 5.74) is 0.255. The first-order chi connectivity index (χ1) is 7.48. The van der Waals surface area contributed by atoms with E-state index in [9.17, 15) is 0 Å². The van der Waals surface area contributed by atoms with Crippen molar-refractivity contribution in [1.82, 2.24) is 10.2 Å². The first-order valence-electron chi connectivity index (χ1n) is 6.89. The van der Waals surface area contributed by atoms with Crippen molar-refractivity contribution in [2.75, 3.05) is 20.6 Å². The number of nitrogens with one attached hydrogen (secondary N) is 1. The van der Waals surface area contributed by atoms with Gasteiger partial charge in [0.1, 0.15) is 0 Å². The number of hydrogen-bond donors (Lipinski definition) is 1. The summed E-state index contributed by atoms with van der Waals surface area (Å²) in [6.07, 6.45) is 6.94. The van der Waals surface area contributed by atoms with E-state index in [1.807, 2.05) is 0 Å². The van der Waals surface area contributed by atoms with Gasteiger partial charge in [0, 0.05) is 11.6 Å². The zero-order chi connectivity index (χ0) is 12.2. The fraction of sp³-hybridized carbons (Fsp3) is 1.00. The molecule has 1 saturated carbocycles. The lowest BCUT2D eigenvalue weighted by Gasteiger charge is -2.43. The second-order valence-corrected chi connectivity index (χ2v) is 6.09. The Bertz CT molecular complexity index is 195. The predicted molar refractivity (Wildman–Crippen MR) is 71.8 cm³/mol. The Morgan fingerprint density at radius 3 is 2.31 bits per heavy atom. The Kier molecular flexibility index (Phi) is 5.26. The Morgan fingerprint density at radius 1 is 1.31 bits per heavy atom. The molecule has 1 unspecified atom stereocenters. The van der Waals surface area contributed by atoms with Gasteiger partial charge < -0.3 is 10.2 Å². The summed E-state index contributed by atoms with van der Waals surface area (Å²) in [4.78, 5) is 2.36. The molecule has 96 valence electrons. The first kappa shape index (κ1) is 14.0. The van der Waals surface area contributed by atoms with Crippen molar-refractivity contribution >= 4 is 0 Å². The van der Waals surface area contributed by atoms with Gasteiger partial charge in [0.05, 0.1) is 0 Å². The minimum Gasteiger partial charge on any atom is -0.312 e. The molecule has 0 spiro atoms. The van der Waals surface area contributed by atoms with Gasteiger partial charge in [0.15, 0.2) is 0 Å². The Labute approximate surface area is 102 Å². The van der Waals surface area contributed by atoms with Crippen LogP contribution in [0.25, 0.3) is 0 Å². The zero-order valence-corrected chi connectivity index (χ0v) is 11.8. The minimum absolute atomic E-state index is 0.255. The van der Waals surface area contributed by atoms with Gasteiger partial charge in [-0.05, 0) is 53.2 Å². The molecule has 1 aliphatic carbocycles. The van der Waals surface area contributed by atoms with Gasteiger partial charge in [-0.15, -0.1) is 0 Å². The summed E-state index contributed by atoms with van der Waals surface area (Å²) in [5, 5.41) is 3.75. The lowest BCUT2D eigenvalue weighted by molar-refractivity contribution is 0.108. The van der Waals surface area contributed by atoms with E-state index in [2.05, 4.69) is 45.1 Å². The molecular formula is C14H30N2. The molecule has 2 nitrogen and oxygen atoms in total. The highest BCUT2D eigenvalue weighted by molar-refractivity contribution is 4.93. The van der Waals surface area contributed by atoms with Crippen LogP contribution >= 0.6 is 0 Å². The lowest BCUT2D eigenvalue weighted by atomic mass is 9.76. The van der Waals surface area contributed by atoms with Crippen LogP contribution in [0.1, 0.15) is 52.9 Å². The summed E-state index contributed by atoms with van der Waals surface area (Å²) in [6.45, 7) is 8.11. The summed E-state index contributed by atoms with van der Waals surface area (Å²) in [7, 11) is 4.39. The van der Waals surface area contributed by atoms with Crippen molar-refractivity contribution in [2.24, 2.45) is 5.92 Å². The third kappa shape index (κ3) is 3.46. The SMILES string of the molecule is CCCNC(CC1CCC1)C(C)(C)N(C)C. The normalized spacial score (nSPS) is 19.9. The van der Waals surface area contributed by atoms with Crippen LogP contribution in [-0.2, 0) is 0 Å². The summed E-state index contributed by atoms with van der Waals surface area (Å²) < 4.78 is 0. The molecule has 0 aromatic carbocycles. The van der Waals surface area contributed by atoms with Gasteiger partial charge >= 0.3 is 0 Å². The molecular weight excluding hydrogens is 196 g/mol. The van der Waals surface area contributed by atoms with Crippen LogP contribution in [0, 0.1) is 5.92 Å². The van der Waals surface area contributed by atoms with Crippen LogP contribution in [0.3, 0.4) is 0 Å². The van der Waals surface area contributed by atoms with Crippen molar-refractivity contribution in [1.29, 1.82) is 0 Å². The molecule has 16 heavy (non-hydrogen) atoms. The van der Waals surface area contributed by atoms with Gasteiger partial charge in [0.25, 0.3) is 0 Å². The molecule has 2 heteroatoms. The fourth-order valence-corrected chi connectivity index (χ4v) is 2.31. The maximum atomic E-state index is 3.75. The second-order valence-electron chi connectivity index (χ2n) is 6.09. The van der Waals surface area contributed by atoms with Crippen LogP contribution in [-0.4, -0.2) is 37.1 Å². The molecule has 1 N–H and O–H groups in total. The van der Waals surface area contributed by atoms with Gasteiger partial charge in [-0.2, -0.15) is 0 Å². The smallest absolute Gasteiger partial charge is 0.0300 e. The Morgan fingerprint density at radius 2 is 1.94 bits per heavy atom. The maximum Gasteiger partial charge on any atom is 0.0300 e. The van der Waals surface area contributed by atoms with Crippen molar-refractivity contribution in [3.63, 3.8) is 0 Å². The van der Waals surface area contributed by atoms with E-state index < -0.39 is 0 Å². The highest BCUT2D eigenvalue weighted by Gasteiger charge is 2.34. The number of hydrogen-bond acceptors (Lipinski definition) is 2. The molecule has 0 bridgehead atoms. The summed E-state index contributed by atoms with van der Waals surface area (Å²) in [6, 6.07) is 0.632. The van der Waals surface area contributed by atoms with Crippen LogP contribution in [0.5, 0.6) is 0 Å². The topological polar surface area (TPSA) is 15.3 Å². The standard InChI is InChI=1S/C14H30N2/c1-6-10-15-13(11-12-8-7-9-12)14(2,3)16(4)5/h12-13,15H,6-11H2,1-5H3. The van der Waals surface area contributed by atoms with Crippen molar-refractivity contribution in [2.45, 2.75) is 64.5 Å². The summed E-state index contributed by atoms with van der Waals surface area (Å²) in [5.74, 6) is 0.980. The number of likely N-dealkylation sites (N-methyl/N-ethyl adjacent to an activating group) is 1. The highest BCUT2D eigenvalue weighted by atomic mass is 15.2. The maximum absolute atomic E-state index is 3.75. The third-order valence-corrected chi connectivity index (χ3v) is 4.44. The van der Waals surface area contributed by atoms with E-state index in [0.29, 0.717) is 6.04 Å². The van der Waals surface area contributed by atoms with Gasteiger partial charge in [0.2, 0.25) is 0 Å². The molecule has 0 amide bonds. The van der Waals surface area contributed by atoms with Gasteiger partial charge in [-0.25, -0.2) is 0 Å². The largest absolute Gasteiger partial charge is 0.312 e. The molecule has 0 heterocycles. The van der Waals surface area contributed by atoms with E-state index >= 15 is 0 Å². The average Bonchev–Trinajstić information content (AvgIpc) is 2.14. The third-order valence-electron chi connectivity index (χ3n) is 4.44. The highest BCUT2D eigenvalue weighted by Crippen LogP contribution is 2.33. The Hall–Kier alpha value is -0.0800. The molecule has 1 fully saturated rings.